The summed E-state index contributed by atoms with van der Waals surface area (Å²) in [7, 11) is 0. The molecule has 2 aromatic rings. The molecule has 0 unspecified atom stereocenters. The van der Waals surface area contributed by atoms with Gasteiger partial charge in [-0.3, -0.25) is 4.79 Å². The van der Waals surface area contributed by atoms with Gasteiger partial charge in [-0.1, -0.05) is 42.6 Å². The topological polar surface area (TPSA) is 68.0 Å². The van der Waals surface area contributed by atoms with E-state index in [1.165, 1.54) is 11.3 Å². The minimum absolute atomic E-state index is 0.00615. The van der Waals surface area contributed by atoms with Gasteiger partial charge in [0.25, 0.3) is 0 Å². The number of nitrogens with two attached hydrogens (primary N) is 1. The Balaban J connectivity index is 1.67. The summed E-state index contributed by atoms with van der Waals surface area (Å²) in [6, 6.07) is 7.60. The number of hydrogen-bond donors (Lipinski definition) is 2. The van der Waals surface area contributed by atoms with Crippen LogP contribution >= 0.6 is 22.9 Å². The van der Waals surface area contributed by atoms with E-state index < -0.39 is 0 Å². The van der Waals surface area contributed by atoms with Crippen LogP contribution in [0.1, 0.15) is 31.4 Å². The van der Waals surface area contributed by atoms with Crippen LogP contribution < -0.4 is 11.1 Å². The molecule has 122 valence electrons. The predicted octanol–water partition coefficient (Wildman–Crippen LogP) is 3.39. The van der Waals surface area contributed by atoms with Gasteiger partial charge in [0.05, 0.1) is 22.7 Å². The fourth-order valence-electron chi connectivity index (χ4n) is 3.08. The summed E-state index contributed by atoms with van der Waals surface area (Å²) in [5.74, 6) is -0.00615. The average Bonchev–Trinajstić information content (AvgIpc) is 3.18. The van der Waals surface area contributed by atoms with Crippen molar-refractivity contribution in [2.45, 2.75) is 37.6 Å². The molecule has 0 atom stereocenters. The Morgan fingerprint density at radius 3 is 2.78 bits per heavy atom. The summed E-state index contributed by atoms with van der Waals surface area (Å²) in [6.45, 7) is 0.501. The Morgan fingerprint density at radius 2 is 2.09 bits per heavy atom. The lowest BCUT2D eigenvalue weighted by Gasteiger charge is -2.28. The number of carbonyl (C=O) groups is 1. The highest BCUT2D eigenvalue weighted by molar-refractivity contribution is 7.13. The SMILES string of the molecule is NCC1(NC(=O)Cc2csc(-c3ccccc3Cl)n2)CCCC1. The Hall–Kier alpha value is -1.43. The normalized spacial score (nSPS) is 16.4. The molecule has 3 rings (SSSR count). The quantitative estimate of drug-likeness (QED) is 0.869. The molecule has 0 saturated heterocycles. The molecule has 1 aliphatic carbocycles. The zero-order chi connectivity index (χ0) is 16.3. The molecule has 1 aromatic heterocycles. The minimum atomic E-state index is -0.210. The lowest BCUT2D eigenvalue weighted by atomic mass is 9.97. The molecule has 0 bridgehead atoms. The number of carbonyl (C=O) groups excluding carboxylic acids is 1. The van der Waals surface area contributed by atoms with E-state index in [4.69, 9.17) is 17.3 Å². The average molecular weight is 350 g/mol. The third-order valence-electron chi connectivity index (χ3n) is 4.35. The number of hydrogen-bond acceptors (Lipinski definition) is 4. The van der Waals surface area contributed by atoms with Gasteiger partial charge in [0, 0.05) is 17.5 Å². The molecule has 1 heterocycles. The lowest BCUT2D eigenvalue weighted by Crippen LogP contribution is -2.52. The van der Waals surface area contributed by atoms with Gasteiger partial charge in [0.2, 0.25) is 5.91 Å². The maximum atomic E-state index is 12.3. The molecule has 0 aliphatic heterocycles. The zero-order valence-electron chi connectivity index (χ0n) is 12.8. The molecule has 1 fully saturated rings. The molecule has 1 aliphatic rings. The summed E-state index contributed by atoms with van der Waals surface area (Å²) >= 11 is 7.70. The number of rotatable bonds is 5. The van der Waals surface area contributed by atoms with Crippen molar-refractivity contribution in [2.24, 2.45) is 5.73 Å². The number of benzene rings is 1. The van der Waals surface area contributed by atoms with Crippen LogP contribution in [0.5, 0.6) is 0 Å². The molecule has 6 heteroatoms. The Kier molecular flexibility index (Phi) is 4.99. The van der Waals surface area contributed by atoms with Crippen LogP contribution in [0.15, 0.2) is 29.6 Å². The first kappa shape index (κ1) is 16.4. The van der Waals surface area contributed by atoms with E-state index >= 15 is 0 Å². The largest absolute Gasteiger partial charge is 0.349 e. The van der Waals surface area contributed by atoms with Gasteiger partial charge in [-0.15, -0.1) is 11.3 Å². The summed E-state index contributed by atoms with van der Waals surface area (Å²) in [5.41, 5.74) is 7.33. The van der Waals surface area contributed by atoms with Gasteiger partial charge < -0.3 is 11.1 Å². The van der Waals surface area contributed by atoms with Crippen molar-refractivity contribution in [2.75, 3.05) is 6.54 Å². The molecule has 1 saturated carbocycles. The maximum Gasteiger partial charge on any atom is 0.226 e. The third-order valence-corrected chi connectivity index (χ3v) is 5.61. The van der Waals surface area contributed by atoms with Crippen LogP contribution in [0.2, 0.25) is 5.02 Å². The van der Waals surface area contributed by atoms with Gasteiger partial charge in [-0.2, -0.15) is 0 Å². The molecule has 3 N–H and O–H groups in total. The van der Waals surface area contributed by atoms with E-state index in [-0.39, 0.29) is 17.9 Å². The van der Waals surface area contributed by atoms with Crippen LogP contribution in [-0.2, 0) is 11.2 Å². The Morgan fingerprint density at radius 1 is 1.35 bits per heavy atom. The fraction of sp³-hybridized carbons (Fsp3) is 0.412. The van der Waals surface area contributed by atoms with E-state index in [0.29, 0.717) is 11.6 Å². The van der Waals surface area contributed by atoms with Crippen molar-refractivity contribution < 1.29 is 4.79 Å². The molecule has 1 amide bonds. The second-order valence-corrected chi connectivity index (χ2v) is 7.31. The van der Waals surface area contributed by atoms with E-state index in [1.807, 2.05) is 29.6 Å². The number of nitrogens with one attached hydrogen (secondary N) is 1. The highest BCUT2D eigenvalue weighted by atomic mass is 35.5. The second-order valence-electron chi connectivity index (χ2n) is 6.04. The first-order valence-electron chi connectivity index (χ1n) is 7.82. The number of halogens is 1. The second kappa shape index (κ2) is 6.99. The van der Waals surface area contributed by atoms with Crippen LogP contribution in [0.3, 0.4) is 0 Å². The van der Waals surface area contributed by atoms with E-state index in [2.05, 4.69) is 10.3 Å². The van der Waals surface area contributed by atoms with Gasteiger partial charge >= 0.3 is 0 Å². The number of aromatic nitrogens is 1. The standard InChI is InChI=1S/C17H20ClN3OS/c18-14-6-2-1-5-13(14)16-20-12(10-23-16)9-15(22)21-17(11-19)7-3-4-8-17/h1-2,5-6,10H,3-4,7-9,11,19H2,(H,21,22). The summed E-state index contributed by atoms with van der Waals surface area (Å²) in [5, 5.41) is 6.56. The third kappa shape index (κ3) is 3.74. The fourth-order valence-corrected chi connectivity index (χ4v) is 4.22. The van der Waals surface area contributed by atoms with Crippen LogP contribution in [-0.4, -0.2) is 23.0 Å². The summed E-state index contributed by atoms with van der Waals surface area (Å²) < 4.78 is 0. The highest BCUT2D eigenvalue weighted by Crippen LogP contribution is 2.31. The van der Waals surface area contributed by atoms with Crippen molar-refractivity contribution in [3.63, 3.8) is 0 Å². The molecular formula is C17H20ClN3OS. The first-order chi connectivity index (χ1) is 11.1. The van der Waals surface area contributed by atoms with Gasteiger partial charge in [0.15, 0.2) is 0 Å². The number of nitrogens with zero attached hydrogens (tertiary/aromatic N) is 1. The van der Waals surface area contributed by atoms with Crippen molar-refractivity contribution >= 4 is 28.8 Å². The van der Waals surface area contributed by atoms with Crippen LogP contribution in [0.4, 0.5) is 0 Å². The van der Waals surface area contributed by atoms with Gasteiger partial charge in [0.1, 0.15) is 5.01 Å². The van der Waals surface area contributed by atoms with Crippen molar-refractivity contribution in [3.05, 3.63) is 40.4 Å². The van der Waals surface area contributed by atoms with Crippen molar-refractivity contribution in [3.8, 4) is 10.6 Å². The van der Waals surface area contributed by atoms with Gasteiger partial charge in [-0.25, -0.2) is 4.98 Å². The molecule has 4 nitrogen and oxygen atoms in total. The van der Waals surface area contributed by atoms with Crippen molar-refractivity contribution in [1.82, 2.24) is 10.3 Å². The summed E-state index contributed by atoms with van der Waals surface area (Å²) in [6.07, 6.45) is 4.48. The van der Waals surface area contributed by atoms with Crippen LogP contribution in [0.25, 0.3) is 10.6 Å². The molecule has 0 spiro atoms. The minimum Gasteiger partial charge on any atom is -0.349 e. The number of thiazole rings is 1. The maximum absolute atomic E-state index is 12.3. The number of amides is 1. The lowest BCUT2D eigenvalue weighted by molar-refractivity contribution is -0.122. The smallest absolute Gasteiger partial charge is 0.226 e. The van der Waals surface area contributed by atoms with E-state index in [9.17, 15) is 4.79 Å². The van der Waals surface area contributed by atoms with E-state index in [1.54, 1.807) is 0 Å². The predicted molar refractivity (Wildman–Crippen MR) is 94.7 cm³/mol. The summed E-state index contributed by atoms with van der Waals surface area (Å²) in [4.78, 5) is 16.9. The monoisotopic (exact) mass is 349 g/mol. The first-order valence-corrected chi connectivity index (χ1v) is 9.08. The van der Waals surface area contributed by atoms with E-state index in [0.717, 1.165) is 41.9 Å². The van der Waals surface area contributed by atoms with Gasteiger partial charge in [-0.05, 0) is 18.9 Å². The molecule has 1 aromatic carbocycles. The molecule has 23 heavy (non-hydrogen) atoms. The molecular weight excluding hydrogens is 330 g/mol. The zero-order valence-corrected chi connectivity index (χ0v) is 14.4. The Bertz CT molecular complexity index is 695. The Labute approximate surface area is 145 Å². The highest BCUT2D eigenvalue weighted by Gasteiger charge is 2.33. The molecule has 0 radical (unpaired) electrons. The van der Waals surface area contributed by atoms with Crippen molar-refractivity contribution in [1.29, 1.82) is 0 Å². The van der Waals surface area contributed by atoms with Crippen LogP contribution in [0, 0.1) is 0 Å².